The van der Waals surface area contributed by atoms with Crippen molar-refractivity contribution in [3.8, 4) is 5.69 Å². The van der Waals surface area contributed by atoms with Crippen LogP contribution >= 0.6 is 0 Å². The fourth-order valence-electron chi connectivity index (χ4n) is 2.49. The maximum absolute atomic E-state index is 12.7. The van der Waals surface area contributed by atoms with Crippen molar-refractivity contribution in [1.29, 1.82) is 0 Å². The Labute approximate surface area is 139 Å². The standard InChI is InChI=1S/C19H19N3O2/c1-3-13(2)20-19(24)17-18(23)15-11-7-8-12-16(15)22(21-17)14-9-5-4-6-10-14/h4-13H,3H2,1-2H3,(H,20,24)/t13-/m1/s1. The molecule has 1 amide bonds. The summed E-state index contributed by atoms with van der Waals surface area (Å²) in [7, 11) is 0. The van der Waals surface area contributed by atoms with Crippen LogP contribution in [0.4, 0.5) is 0 Å². The Morgan fingerprint density at radius 3 is 2.50 bits per heavy atom. The van der Waals surface area contributed by atoms with E-state index in [9.17, 15) is 9.59 Å². The summed E-state index contributed by atoms with van der Waals surface area (Å²) in [5.74, 6) is -0.440. The number of fused-ring (bicyclic) bond motifs is 1. The number of hydrogen-bond acceptors (Lipinski definition) is 3. The maximum Gasteiger partial charge on any atom is 0.276 e. The quantitative estimate of drug-likeness (QED) is 0.803. The van der Waals surface area contributed by atoms with Gasteiger partial charge < -0.3 is 5.32 Å². The van der Waals surface area contributed by atoms with Crippen molar-refractivity contribution in [1.82, 2.24) is 15.1 Å². The van der Waals surface area contributed by atoms with Gasteiger partial charge in [0.15, 0.2) is 5.69 Å². The van der Waals surface area contributed by atoms with E-state index in [0.717, 1.165) is 12.1 Å². The van der Waals surface area contributed by atoms with Gasteiger partial charge in [-0.25, -0.2) is 4.68 Å². The zero-order valence-corrected chi connectivity index (χ0v) is 13.7. The van der Waals surface area contributed by atoms with Crippen LogP contribution in [-0.2, 0) is 0 Å². The average Bonchev–Trinajstić information content (AvgIpc) is 2.62. The first-order chi connectivity index (χ1) is 11.6. The number of nitrogens with one attached hydrogen (secondary N) is 1. The fourth-order valence-corrected chi connectivity index (χ4v) is 2.49. The fraction of sp³-hybridized carbons (Fsp3) is 0.211. The summed E-state index contributed by atoms with van der Waals surface area (Å²) < 4.78 is 1.64. The van der Waals surface area contributed by atoms with Crippen LogP contribution in [0.25, 0.3) is 16.6 Å². The van der Waals surface area contributed by atoms with E-state index < -0.39 is 5.91 Å². The van der Waals surface area contributed by atoms with Crippen LogP contribution in [0.2, 0.25) is 0 Å². The van der Waals surface area contributed by atoms with E-state index in [-0.39, 0.29) is 17.2 Å². The van der Waals surface area contributed by atoms with Crippen molar-refractivity contribution >= 4 is 16.8 Å². The highest BCUT2D eigenvalue weighted by Crippen LogP contribution is 2.15. The summed E-state index contributed by atoms with van der Waals surface area (Å²) in [6.07, 6.45) is 0.784. The Morgan fingerprint density at radius 1 is 1.12 bits per heavy atom. The lowest BCUT2D eigenvalue weighted by atomic mass is 10.1. The van der Waals surface area contributed by atoms with E-state index >= 15 is 0 Å². The van der Waals surface area contributed by atoms with Crippen LogP contribution in [-0.4, -0.2) is 21.7 Å². The van der Waals surface area contributed by atoms with Crippen molar-refractivity contribution in [2.45, 2.75) is 26.3 Å². The molecule has 0 aliphatic carbocycles. The molecule has 1 N–H and O–H groups in total. The third kappa shape index (κ3) is 2.93. The van der Waals surface area contributed by atoms with Crippen molar-refractivity contribution in [2.24, 2.45) is 0 Å². The van der Waals surface area contributed by atoms with Crippen LogP contribution in [0, 0.1) is 0 Å². The molecule has 5 heteroatoms. The molecule has 5 nitrogen and oxygen atoms in total. The lowest BCUT2D eigenvalue weighted by Gasteiger charge is -2.14. The summed E-state index contributed by atoms with van der Waals surface area (Å²) in [6.45, 7) is 3.87. The Balaban J connectivity index is 2.23. The Hall–Kier alpha value is -2.95. The molecule has 0 fully saturated rings. The number of aromatic nitrogens is 2. The molecule has 0 radical (unpaired) electrons. The van der Waals surface area contributed by atoms with Gasteiger partial charge in [0.1, 0.15) is 0 Å². The Kier molecular flexibility index (Phi) is 4.42. The van der Waals surface area contributed by atoms with Crippen LogP contribution < -0.4 is 10.7 Å². The minimum atomic E-state index is -0.440. The molecule has 1 aromatic heterocycles. The summed E-state index contributed by atoms with van der Waals surface area (Å²) in [5, 5.41) is 7.64. The molecule has 3 rings (SSSR count). The van der Waals surface area contributed by atoms with E-state index in [0.29, 0.717) is 10.9 Å². The van der Waals surface area contributed by atoms with E-state index in [1.807, 2.05) is 56.3 Å². The zero-order valence-electron chi connectivity index (χ0n) is 13.7. The van der Waals surface area contributed by atoms with Gasteiger partial charge in [-0.1, -0.05) is 37.3 Å². The normalized spacial score (nSPS) is 12.1. The molecule has 122 valence electrons. The maximum atomic E-state index is 12.7. The van der Waals surface area contributed by atoms with Gasteiger partial charge >= 0.3 is 0 Å². The lowest BCUT2D eigenvalue weighted by molar-refractivity contribution is 0.0931. The summed E-state index contributed by atoms with van der Waals surface area (Å²) in [4.78, 5) is 25.2. The first-order valence-corrected chi connectivity index (χ1v) is 8.00. The second-order valence-electron chi connectivity index (χ2n) is 5.72. The number of carbonyl (C=O) groups excluding carboxylic acids is 1. The third-order valence-electron chi connectivity index (χ3n) is 4.00. The molecule has 0 spiro atoms. The molecular weight excluding hydrogens is 302 g/mol. The molecule has 0 bridgehead atoms. The second kappa shape index (κ2) is 6.66. The van der Waals surface area contributed by atoms with Gasteiger partial charge in [-0.15, -0.1) is 0 Å². The topological polar surface area (TPSA) is 64.0 Å². The summed E-state index contributed by atoms with van der Waals surface area (Å²) >= 11 is 0. The first kappa shape index (κ1) is 15.9. The lowest BCUT2D eigenvalue weighted by Crippen LogP contribution is -2.36. The Morgan fingerprint density at radius 2 is 1.79 bits per heavy atom. The molecule has 3 aromatic rings. The van der Waals surface area contributed by atoms with Gasteiger partial charge in [-0.3, -0.25) is 9.59 Å². The molecule has 1 atom stereocenters. The average molecular weight is 321 g/mol. The number of rotatable bonds is 4. The van der Waals surface area contributed by atoms with Gasteiger partial charge in [-0.2, -0.15) is 5.10 Å². The highest BCUT2D eigenvalue weighted by Gasteiger charge is 2.18. The summed E-state index contributed by atoms with van der Waals surface area (Å²) in [6, 6.07) is 16.6. The van der Waals surface area contributed by atoms with Crippen LogP contribution in [0.3, 0.4) is 0 Å². The number of amides is 1. The molecule has 0 aliphatic heterocycles. The van der Waals surface area contributed by atoms with Gasteiger partial charge in [0, 0.05) is 6.04 Å². The molecular formula is C19H19N3O2. The van der Waals surface area contributed by atoms with Gasteiger partial charge in [0.2, 0.25) is 5.43 Å². The SMILES string of the molecule is CC[C@@H](C)NC(=O)c1nn(-c2ccccc2)c2ccccc2c1=O. The first-order valence-electron chi connectivity index (χ1n) is 8.00. The van der Waals surface area contributed by atoms with Crippen LogP contribution in [0.1, 0.15) is 30.8 Å². The summed E-state index contributed by atoms with van der Waals surface area (Å²) in [5.41, 5.74) is 1.04. The molecule has 0 saturated carbocycles. The molecule has 2 aromatic carbocycles. The zero-order chi connectivity index (χ0) is 17.1. The van der Waals surface area contributed by atoms with Crippen molar-refractivity contribution in [3.05, 3.63) is 70.5 Å². The smallest absolute Gasteiger partial charge is 0.276 e. The molecule has 0 unspecified atom stereocenters. The monoisotopic (exact) mass is 321 g/mol. The van der Waals surface area contributed by atoms with E-state index in [1.54, 1.807) is 16.8 Å². The van der Waals surface area contributed by atoms with Crippen molar-refractivity contribution in [2.75, 3.05) is 0 Å². The minimum Gasteiger partial charge on any atom is -0.348 e. The minimum absolute atomic E-state index is 0.0182. The number of benzene rings is 2. The Bertz CT molecular complexity index is 932. The largest absolute Gasteiger partial charge is 0.348 e. The predicted octanol–water partition coefficient (Wildman–Crippen LogP) is 2.91. The van der Waals surface area contributed by atoms with Crippen LogP contribution in [0.5, 0.6) is 0 Å². The van der Waals surface area contributed by atoms with Gasteiger partial charge in [-0.05, 0) is 37.6 Å². The molecule has 0 saturated heterocycles. The molecule has 0 aliphatic rings. The van der Waals surface area contributed by atoms with E-state index in [4.69, 9.17) is 0 Å². The number of carbonyl (C=O) groups is 1. The van der Waals surface area contributed by atoms with Gasteiger partial charge in [0.25, 0.3) is 5.91 Å². The predicted molar refractivity (Wildman–Crippen MR) is 94.6 cm³/mol. The van der Waals surface area contributed by atoms with Crippen molar-refractivity contribution in [3.63, 3.8) is 0 Å². The number of hydrogen-bond donors (Lipinski definition) is 1. The van der Waals surface area contributed by atoms with Crippen LogP contribution in [0.15, 0.2) is 59.4 Å². The highest BCUT2D eigenvalue weighted by molar-refractivity contribution is 5.95. The van der Waals surface area contributed by atoms with Crippen molar-refractivity contribution < 1.29 is 4.79 Å². The van der Waals surface area contributed by atoms with Gasteiger partial charge in [0.05, 0.1) is 16.6 Å². The van der Waals surface area contributed by atoms with E-state index in [2.05, 4.69) is 10.4 Å². The number of para-hydroxylation sites is 2. The second-order valence-corrected chi connectivity index (χ2v) is 5.72. The number of nitrogens with zero attached hydrogens (tertiary/aromatic N) is 2. The third-order valence-corrected chi connectivity index (χ3v) is 4.00. The highest BCUT2D eigenvalue weighted by atomic mass is 16.2. The molecule has 1 heterocycles. The van der Waals surface area contributed by atoms with E-state index in [1.165, 1.54) is 0 Å². The molecule has 24 heavy (non-hydrogen) atoms.